The van der Waals surface area contributed by atoms with Gasteiger partial charge in [-0.3, -0.25) is 4.79 Å². The molecule has 146 valence electrons. The van der Waals surface area contributed by atoms with Crippen molar-refractivity contribution in [3.63, 3.8) is 0 Å². The molecule has 0 aliphatic carbocycles. The highest BCUT2D eigenvalue weighted by Crippen LogP contribution is 2.27. The van der Waals surface area contributed by atoms with E-state index < -0.39 is 6.10 Å². The molecule has 3 aromatic rings. The fourth-order valence-electron chi connectivity index (χ4n) is 2.61. The molecule has 0 saturated heterocycles. The van der Waals surface area contributed by atoms with E-state index in [0.29, 0.717) is 29.6 Å². The van der Waals surface area contributed by atoms with Crippen molar-refractivity contribution < 1.29 is 18.8 Å². The molecule has 0 radical (unpaired) electrons. The van der Waals surface area contributed by atoms with Gasteiger partial charge in [-0.05, 0) is 25.5 Å². The first-order chi connectivity index (χ1) is 13.6. The van der Waals surface area contributed by atoms with Crippen LogP contribution < -0.4 is 14.8 Å². The van der Waals surface area contributed by atoms with Crippen molar-refractivity contribution in [2.75, 3.05) is 7.11 Å². The summed E-state index contributed by atoms with van der Waals surface area (Å²) in [6.07, 6.45) is -0.154. The minimum Gasteiger partial charge on any atom is -0.493 e. The van der Waals surface area contributed by atoms with Crippen molar-refractivity contribution in [3.05, 3.63) is 60.0 Å². The first-order valence-electron chi connectivity index (χ1n) is 9.07. The average Bonchev–Trinajstić information content (AvgIpc) is 3.20. The molecule has 3 rings (SSSR count). The third-order valence-electron chi connectivity index (χ3n) is 4.19. The second kappa shape index (κ2) is 9.03. The molecule has 1 aromatic heterocycles. The van der Waals surface area contributed by atoms with E-state index in [4.69, 9.17) is 14.0 Å². The normalized spacial score (nSPS) is 11.7. The monoisotopic (exact) mass is 381 g/mol. The van der Waals surface area contributed by atoms with Crippen molar-refractivity contribution in [1.82, 2.24) is 15.5 Å². The molecule has 2 aromatic carbocycles. The minimum absolute atomic E-state index is 0.128. The third kappa shape index (κ3) is 4.68. The summed E-state index contributed by atoms with van der Waals surface area (Å²) in [4.78, 5) is 16.8. The van der Waals surface area contributed by atoms with Crippen molar-refractivity contribution in [3.8, 4) is 22.9 Å². The van der Waals surface area contributed by atoms with Crippen LogP contribution in [0.25, 0.3) is 11.4 Å². The van der Waals surface area contributed by atoms with Crippen LogP contribution in [-0.4, -0.2) is 29.3 Å². The Labute approximate surface area is 163 Å². The summed E-state index contributed by atoms with van der Waals surface area (Å²) < 4.78 is 16.3. The Kier molecular flexibility index (Phi) is 6.26. The van der Waals surface area contributed by atoms with Gasteiger partial charge in [0, 0.05) is 5.56 Å². The topological polar surface area (TPSA) is 86.5 Å². The molecular weight excluding hydrogens is 358 g/mol. The predicted molar refractivity (Wildman–Crippen MR) is 104 cm³/mol. The number of nitrogens with one attached hydrogen (secondary N) is 1. The highest BCUT2D eigenvalue weighted by atomic mass is 16.5. The van der Waals surface area contributed by atoms with Gasteiger partial charge in [-0.2, -0.15) is 4.98 Å². The number of aromatic nitrogens is 2. The Balaban J connectivity index is 1.60. The second-order valence-electron chi connectivity index (χ2n) is 6.26. The molecule has 0 fully saturated rings. The smallest absolute Gasteiger partial charge is 0.261 e. The second-order valence-corrected chi connectivity index (χ2v) is 6.26. The van der Waals surface area contributed by atoms with E-state index in [1.54, 1.807) is 19.2 Å². The van der Waals surface area contributed by atoms with Gasteiger partial charge < -0.3 is 19.3 Å². The van der Waals surface area contributed by atoms with Crippen molar-refractivity contribution >= 4 is 5.91 Å². The number of carbonyl (C=O) groups excluding carboxylic acids is 1. The number of amides is 1. The Morgan fingerprint density at radius 3 is 2.54 bits per heavy atom. The molecule has 7 nitrogen and oxygen atoms in total. The van der Waals surface area contributed by atoms with E-state index in [9.17, 15) is 4.79 Å². The van der Waals surface area contributed by atoms with Crippen molar-refractivity contribution in [2.45, 2.75) is 32.9 Å². The first-order valence-corrected chi connectivity index (χ1v) is 9.07. The van der Waals surface area contributed by atoms with Gasteiger partial charge in [0.15, 0.2) is 17.6 Å². The number of rotatable bonds is 8. The fourth-order valence-corrected chi connectivity index (χ4v) is 2.61. The van der Waals surface area contributed by atoms with E-state index in [1.165, 1.54) is 0 Å². The molecule has 1 heterocycles. The van der Waals surface area contributed by atoms with Gasteiger partial charge in [-0.15, -0.1) is 0 Å². The van der Waals surface area contributed by atoms with Crippen LogP contribution in [0.4, 0.5) is 0 Å². The average molecular weight is 381 g/mol. The summed E-state index contributed by atoms with van der Waals surface area (Å²) in [6.45, 7) is 4.02. The molecule has 1 atom stereocenters. The highest BCUT2D eigenvalue weighted by Gasteiger charge is 2.20. The molecular formula is C21H23N3O4. The van der Waals surface area contributed by atoms with Crippen molar-refractivity contribution in [1.29, 1.82) is 0 Å². The van der Waals surface area contributed by atoms with Gasteiger partial charge in [0.05, 0.1) is 13.7 Å². The van der Waals surface area contributed by atoms with Crippen LogP contribution in [-0.2, 0) is 11.3 Å². The Morgan fingerprint density at radius 1 is 1.14 bits per heavy atom. The zero-order valence-electron chi connectivity index (χ0n) is 16.1. The van der Waals surface area contributed by atoms with Crippen LogP contribution in [0.2, 0.25) is 0 Å². The zero-order chi connectivity index (χ0) is 19.9. The SMILES string of the molecule is CC[C@H](Oc1ccccc1OC)C(=O)NCc1nc(-c2ccc(C)cc2)no1. The number of hydrogen-bond acceptors (Lipinski definition) is 6. The maximum absolute atomic E-state index is 12.5. The number of para-hydroxylation sites is 2. The number of hydrogen-bond donors (Lipinski definition) is 1. The van der Waals surface area contributed by atoms with Crippen LogP contribution in [0.1, 0.15) is 24.8 Å². The van der Waals surface area contributed by atoms with Crippen LogP contribution in [0.5, 0.6) is 11.5 Å². The lowest BCUT2D eigenvalue weighted by atomic mass is 10.1. The van der Waals surface area contributed by atoms with Crippen LogP contribution >= 0.6 is 0 Å². The van der Waals surface area contributed by atoms with E-state index in [1.807, 2.05) is 50.2 Å². The molecule has 1 N–H and O–H groups in total. The highest BCUT2D eigenvalue weighted by molar-refractivity contribution is 5.81. The zero-order valence-corrected chi connectivity index (χ0v) is 16.1. The Morgan fingerprint density at radius 2 is 1.86 bits per heavy atom. The summed E-state index contributed by atoms with van der Waals surface area (Å²) in [7, 11) is 1.56. The van der Waals surface area contributed by atoms with Gasteiger partial charge in [0.1, 0.15) is 0 Å². The fraction of sp³-hybridized carbons (Fsp3) is 0.286. The molecule has 0 aliphatic heterocycles. The number of aryl methyl sites for hydroxylation is 1. The number of methoxy groups -OCH3 is 1. The summed E-state index contributed by atoms with van der Waals surface area (Å²) in [6, 6.07) is 15.0. The minimum atomic E-state index is -0.657. The van der Waals surface area contributed by atoms with E-state index in [-0.39, 0.29) is 12.5 Å². The lowest BCUT2D eigenvalue weighted by Crippen LogP contribution is -2.37. The summed E-state index contributed by atoms with van der Waals surface area (Å²) >= 11 is 0. The largest absolute Gasteiger partial charge is 0.493 e. The lowest BCUT2D eigenvalue weighted by molar-refractivity contribution is -0.128. The van der Waals surface area contributed by atoms with Crippen LogP contribution in [0, 0.1) is 6.92 Å². The molecule has 0 bridgehead atoms. The lowest BCUT2D eigenvalue weighted by Gasteiger charge is -2.18. The standard InChI is InChI=1S/C21H23N3O4/c1-4-16(27-18-8-6-5-7-17(18)26-3)21(25)22-13-19-23-20(24-28-19)15-11-9-14(2)10-12-15/h5-12,16H,4,13H2,1-3H3,(H,22,25)/t16-/m0/s1. The molecule has 0 saturated carbocycles. The molecule has 7 heteroatoms. The quantitative estimate of drug-likeness (QED) is 0.642. The summed E-state index contributed by atoms with van der Waals surface area (Å²) in [5, 5.41) is 6.74. The van der Waals surface area contributed by atoms with Gasteiger partial charge in [0.25, 0.3) is 5.91 Å². The van der Waals surface area contributed by atoms with E-state index in [0.717, 1.165) is 11.1 Å². The number of nitrogens with zero attached hydrogens (tertiary/aromatic N) is 2. The molecule has 28 heavy (non-hydrogen) atoms. The molecule has 0 unspecified atom stereocenters. The number of ether oxygens (including phenoxy) is 2. The molecule has 1 amide bonds. The van der Waals surface area contributed by atoms with Crippen LogP contribution in [0.3, 0.4) is 0 Å². The van der Waals surface area contributed by atoms with Crippen LogP contribution in [0.15, 0.2) is 53.1 Å². The Bertz CT molecular complexity index is 921. The summed E-state index contributed by atoms with van der Waals surface area (Å²) in [5.74, 6) is 1.65. The van der Waals surface area contributed by atoms with Crippen molar-refractivity contribution in [2.24, 2.45) is 0 Å². The third-order valence-corrected chi connectivity index (χ3v) is 4.19. The molecule has 0 aliphatic rings. The summed E-state index contributed by atoms with van der Waals surface area (Å²) in [5.41, 5.74) is 2.01. The van der Waals surface area contributed by atoms with Gasteiger partial charge in [-0.1, -0.05) is 54.0 Å². The Hall–Kier alpha value is -3.35. The van der Waals surface area contributed by atoms with E-state index >= 15 is 0 Å². The van der Waals surface area contributed by atoms with Gasteiger partial charge in [-0.25, -0.2) is 0 Å². The predicted octanol–water partition coefficient (Wildman–Crippen LogP) is 3.53. The van der Waals surface area contributed by atoms with Gasteiger partial charge in [0.2, 0.25) is 11.7 Å². The molecule has 0 spiro atoms. The first kappa shape index (κ1) is 19.4. The number of benzene rings is 2. The maximum Gasteiger partial charge on any atom is 0.261 e. The van der Waals surface area contributed by atoms with E-state index in [2.05, 4.69) is 15.5 Å². The number of carbonyl (C=O) groups is 1. The maximum atomic E-state index is 12.5. The van der Waals surface area contributed by atoms with Gasteiger partial charge >= 0.3 is 0 Å².